The number of aliphatic hydroxyl groups excluding tert-OH is 2. The molecular weight excluding hydrogens is 793 g/mol. The van der Waals surface area contributed by atoms with Gasteiger partial charge in [0.15, 0.2) is 0 Å². The molecule has 7 rings (SSSR count). The van der Waals surface area contributed by atoms with Crippen LogP contribution in [-0.4, -0.2) is 125 Å². The molecule has 7 heterocycles. The first-order chi connectivity index (χ1) is 25.3. The normalized spacial score (nSPS) is 49.1. The van der Waals surface area contributed by atoms with Crippen molar-refractivity contribution in [1.82, 2.24) is 0 Å². The van der Waals surface area contributed by atoms with Crippen LogP contribution >= 0.6 is 22.6 Å². The molecule has 12 heteroatoms. The summed E-state index contributed by atoms with van der Waals surface area (Å²) in [7, 11) is 1.66. The van der Waals surface area contributed by atoms with E-state index in [1.807, 2.05) is 0 Å². The van der Waals surface area contributed by atoms with E-state index in [4.69, 9.17) is 38.9 Å². The van der Waals surface area contributed by atoms with Crippen molar-refractivity contribution < 1.29 is 48.2 Å². The van der Waals surface area contributed by atoms with Crippen molar-refractivity contribution in [3.63, 3.8) is 0 Å². The lowest BCUT2D eigenvalue weighted by Gasteiger charge is -2.54. The summed E-state index contributed by atoms with van der Waals surface area (Å²) in [5, 5.41) is 22.0. The lowest BCUT2D eigenvalue weighted by Crippen LogP contribution is -2.65. The molecule has 300 valence electrons. The Bertz CT molecular complexity index is 1320. The quantitative estimate of drug-likeness (QED) is 0.202. The number of fused-ring (bicyclic) bond motifs is 8. The Balaban J connectivity index is 1.16. The van der Waals surface area contributed by atoms with E-state index >= 15 is 0 Å². The van der Waals surface area contributed by atoms with Gasteiger partial charge < -0.3 is 49.1 Å². The van der Waals surface area contributed by atoms with Gasteiger partial charge >= 0.3 is 0 Å². The topological polar surface area (TPSA) is 148 Å². The van der Waals surface area contributed by atoms with E-state index in [0.29, 0.717) is 25.7 Å². The zero-order valence-corrected chi connectivity index (χ0v) is 34.1. The summed E-state index contributed by atoms with van der Waals surface area (Å²) in [5.41, 5.74) is 7.40. The summed E-state index contributed by atoms with van der Waals surface area (Å²) < 4.78 is 46.8. The SMILES string of the molecule is C=C1CC2CC[C@@]3(C)C[C@@H](O)C(C)[C@@H]4OC5CCC(CC(=O)CC6C(C[C@H]7O[C@H](CCC7=C)CC[C@@H]1O2)O[C@H](CC(O)CN)[C@@H]6OC)O[C@@H]5C(O3)C4I. The number of ether oxygens (including phenoxy) is 7. The molecule has 7 aliphatic rings. The van der Waals surface area contributed by atoms with E-state index in [2.05, 4.69) is 49.6 Å². The van der Waals surface area contributed by atoms with Crippen LogP contribution in [0.15, 0.2) is 24.3 Å². The molecular formula is C41H64INO10. The molecule has 0 aromatic rings. The highest BCUT2D eigenvalue weighted by Gasteiger charge is 2.55. The van der Waals surface area contributed by atoms with Gasteiger partial charge in [-0.2, -0.15) is 0 Å². The van der Waals surface area contributed by atoms with Gasteiger partial charge in [-0.25, -0.2) is 0 Å². The van der Waals surface area contributed by atoms with Crippen LogP contribution in [0.25, 0.3) is 0 Å². The number of hydrogen-bond acceptors (Lipinski definition) is 11. The average molecular weight is 858 g/mol. The van der Waals surface area contributed by atoms with E-state index in [1.54, 1.807) is 7.11 Å². The van der Waals surface area contributed by atoms with Gasteiger partial charge in [-0.15, -0.1) is 0 Å². The molecule has 18 atom stereocenters. The van der Waals surface area contributed by atoms with E-state index in [1.165, 1.54) is 0 Å². The molecule has 0 radical (unpaired) electrons. The van der Waals surface area contributed by atoms with Gasteiger partial charge in [-0.1, -0.05) is 42.7 Å². The third-order valence-corrected chi connectivity index (χ3v) is 15.1. The third-order valence-electron chi connectivity index (χ3n) is 13.6. The van der Waals surface area contributed by atoms with Gasteiger partial charge in [0.1, 0.15) is 18.0 Å². The van der Waals surface area contributed by atoms with Crippen molar-refractivity contribution in [2.75, 3.05) is 13.7 Å². The maximum Gasteiger partial charge on any atom is 0.135 e. The van der Waals surface area contributed by atoms with Crippen molar-refractivity contribution in [3.05, 3.63) is 24.3 Å². The number of alkyl halides is 1. The summed E-state index contributed by atoms with van der Waals surface area (Å²) in [6.45, 7) is 13.2. The van der Waals surface area contributed by atoms with Crippen LogP contribution in [0.1, 0.15) is 104 Å². The monoisotopic (exact) mass is 857 g/mol. The van der Waals surface area contributed by atoms with Gasteiger partial charge in [0.2, 0.25) is 0 Å². The number of Topliss-reactive ketones (excluding diaryl/α,β-unsaturated/α-hetero) is 1. The molecule has 0 saturated carbocycles. The second-order valence-corrected chi connectivity index (χ2v) is 19.0. The molecule has 0 aliphatic carbocycles. The second kappa shape index (κ2) is 17.1. The van der Waals surface area contributed by atoms with Gasteiger partial charge in [0.25, 0.3) is 0 Å². The summed E-state index contributed by atoms with van der Waals surface area (Å²) in [6, 6.07) is 0. The lowest BCUT2D eigenvalue weighted by atomic mass is 9.78. The van der Waals surface area contributed by atoms with Crippen molar-refractivity contribution in [3.8, 4) is 0 Å². The Hall–Kier alpha value is -0.520. The molecule has 7 fully saturated rings. The van der Waals surface area contributed by atoms with Crippen LogP contribution in [0.3, 0.4) is 0 Å². The van der Waals surface area contributed by atoms with Crippen LogP contribution in [0.2, 0.25) is 0 Å². The molecule has 0 amide bonds. The minimum Gasteiger partial charge on any atom is -0.393 e. The fraction of sp³-hybridized carbons (Fsp3) is 0.878. The minimum absolute atomic E-state index is 0.0178. The van der Waals surface area contributed by atoms with Crippen molar-refractivity contribution in [2.24, 2.45) is 17.6 Å². The van der Waals surface area contributed by atoms with Crippen molar-refractivity contribution in [2.45, 2.75) is 199 Å². The molecule has 53 heavy (non-hydrogen) atoms. The highest BCUT2D eigenvalue weighted by atomic mass is 127. The van der Waals surface area contributed by atoms with Crippen molar-refractivity contribution >= 4 is 28.4 Å². The molecule has 11 nitrogen and oxygen atoms in total. The van der Waals surface area contributed by atoms with Crippen LogP contribution in [0.4, 0.5) is 0 Å². The third kappa shape index (κ3) is 8.98. The molecule has 0 aromatic heterocycles. The fourth-order valence-electron chi connectivity index (χ4n) is 10.5. The highest BCUT2D eigenvalue weighted by molar-refractivity contribution is 14.1. The zero-order valence-electron chi connectivity index (χ0n) is 32.0. The first kappa shape index (κ1) is 40.7. The summed E-state index contributed by atoms with van der Waals surface area (Å²) in [4.78, 5) is 14.1. The van der Waals surface area contributed by atoms with Crippen LogP contribution in [0, 0.1) is 11.8 Å². The van der Waals surface area contributed by atoms with E-state index < -0.39 is 23.9 Å². The minimum atomic E-state index is -0.729. The number of carbonyl (C=O) groups is 1. The molecule has 9 unspecified atom stereocenters. The maximum absolute atomic E-state index is 14.1. The number of carbonyl (C=O) groups excluding carboxylic acids is 1. The molecule has 7 aliphatic heterocycles. The highest BCUT2D eigenvalue weighted by Crippen LogP contribution is 2.47. The van der Waals surface area contributed by atoms with Crippen LogP contribution in [0.5, 0.6) is 0 Å². The first-order valence-corrected chi connectivity index (χ1v) is 21.6. The smallest absolute Gasteiger partial charge is 0.135 e. The predicted octanol–water partition coefficient (Wildman–Crippen LogP) is 4.89. The summed E-state index contributed by atoms with van der Waals surface area (Å²) >= 11 is 2.45. The van der Waals surface area contributed by atoms with Crippen LogP contribution < -0.4 is 5.73 Å². The molecule has 0 spiro atoms. The summed E-state index contributed by atoms with van der Waals surface area (Å²) in [5.74, 6) is -0.174. The van der Waals surface area contributed by atoms with Gasteiger partial charge in [-0.3, -0.25) is 4.79 Å². The lowest BCUT2D eigenvalue weighted by molar-refractivity contribution is -0.276. The molecule has 4 N–H and O–H groups in total. The Morgan fingerprint density at radius 3 is 2.43 bits per heavy atom. The van der Waals surface area contributed by atoms with Gasteiger partial charge in [0, 0.05) is 57.6 Å². The van der Waals surface area contributed by atoms with Crippen LogP contribution in [-0.2, 0) is 38.0 Å². The summed E-state index contributed by atoms with van der Waals surface area (Å²) in [6.07, 6.45) is 5.67. The van der Waals surface area contributed by atoms with E-state index in [9.17, 15) is 15.0 Å². The standard InChI is InChI=1S/C41H64INO10/c1-21-6-7-26-8-10-31-22(2)14-28(49-31)12-13-41(4)19-30(46)23(3)37-36(42)40(53-41)39-32(52-37)11-9-27(50-39)15-24(44)16-29-34(18-33(21)48-26)51-35(38(29)47-5)17-25(45)20-43/h23,25-40,45-46H,1-2,6-20,43H2,3-5H3/t23?,25?,26-,27?,28?,29?,30-,31+,32?,33-,34?,35-,36?,37+,38-,39+,40?,41+/m1/s1. The Kier molecular flexibility index (Phi) is 13.2. The maximum atomic E-state index is 14.1. The number of ketones is 1. The Morgan fingerprint density at radius 1 is 0.906 bits per heavy atom. The number of aliphatic hydroxyl groups is 2. The van der Waals surface area contributed by atoms with Gasteiger partial charge in [-0.05, 0) is 75.9 Å². The van der Waals surface area contributed by atoms with E-state index in [0.717, 1.165) is 62.5 Å². The van der Waals surface area contributed by atoms with E-state index in [-0.39, 0.29) is 108 Å². The first-order valence-electron chi connectivity index (χ1n) is 20.4. The Labute approximate surface area is 329 Å². The van der Waals surface area contributed by atoms with Crippen molar-refractivity contribution in [1.29, 1.82) is 0 Å². The fourth-order valence-corrected chi connectivity index (χ4v) is 11.9. The zero-order chi connectivity index (χ0) is 37.6. The largest absolute Gasteiger partial charge is 0.393 e. The molecule has 0 aromatic carbocycles. The number of methoxy groups -OCH3 is 1. The number of nitrogens with two attached hydrogens (primary N) is 1. The molecule has 7 saturated heterocycles. The number of rotatable bonds is 4. The number of hydrogen-bond donors (Lipinski definition) is 3. The van der Waals surface area contributed by atoms with Gasteiger partial charge in [0.05, 0.1) is 82.8 Å². The number of halogens is 1. The average Bonchev–Trinajstić information content (AvgIpc) is 3.65. The molecule has 9 bridgehead atoms. The second-order valence-electron chi connectivity index (χ2n) is 17.6. The Morgan fingerprint density at radius 2 is 1.66 bits per heavy atom. The predicted molar refractivity (Wildman–Crippen MR) is 207 cm³/mol.